The Labute approximate surface area is 102 Å². The van der Waals surface area contributed by atoms with E-state index in [1.54, 1.807) is 0.515 Å². The molecule has 0 spiro atoms. The fourth-order valence-corrected chi connectivity index (χ4v) is 1.28. The summed E-state index contributed by atoms with van der Waals surface area (Å²) in [5.74, 6) is -0.968. The summed E-state index contributed by atoms with van der Waals surface area (Å²) in [5, 5.41) is 7.60. The molecule has 0 unspecified atom stereocenters. The maximum absolute atomic E-state index is 9.24. The van der Waals surface area contributed by atoms with Crippen LogP contribution >= 0.6 is 0 Å². The summed E-state index contributed by atoms with van der Waals surface area (Å²) in [7, 11) is 0. The first-order valence-corrected chi connectivity index (χ1v) is 6.31. The van der Waals surface area contributed by atoms with Gasteiger partial charge in [-0.05, 0) is 0 Å². The average molecular weight is 185 g/mol. The molecule has 0 fully saturated rings. The molecule has 0 atom stereocenters. The largest absolute Gasteiger partial charge is 0.480 e. The fourth-order valence-electron chi connectivity index (χ4n) is 0.500. The summed E-state index contributed by atoms with van der Waals surface area (Å²) < 4.78 is 1.54. The molecule has 0 aromatic heterocycles. The topological polar surface area (TPSA) is 63.3 Å². The smallest absolute Gasteiger partial charge is 0.317 e. The van der Waals surface area contributed by atoms with E-state index < -0.39 is 5.97 Å². The van der Waals surface area contributed by atoms with Crippen molar-refractivity contribution in [2.45, 2.75) is 26.7 Å². The first-order valence-electron chi connectivity index (χ1n) is 4.10. The number of carboxylic acid groups (broad SMARTS) is 1. The fraction of sp³-hybridized carbons (Fsp3) is 0.857. The third-order valence-electron chi connectivity index (χ3n) is 1.13. The summed E-state index contributed by atoms with van der Waals surface area (Å²) in [6, 6.07) is 0. The van der Waals surface area contributed by atoms with Gasteiger partial charge < -0.3 is 10.8 Å². The summed E-state index contributed by atoms with van der Waals surface area (Å²) in [5.41, 5.74) is 4.57. The Kier molecular flexibility index (Phi) is 18.1. The van der Waals surface area contributed by atoms with Crippen LogP contribution in [0.25, 0.3) is 0 Å². The Morgan fingerprint density at radius 1 is 1.55 bits per heavy atom. The number of carboxylic acids is 1. The van der Waals surface area contributed by atoms with Crippen LogP contribution in [0.2, 0.25) is 0.515 Å². The minimum Gasteiger partial charge on any atom is -0.480 e. The zero-order valence-electron chi connectivity index (χ0n) is 7.47. The standard InChI is InChI=1S/C5H11.C2H5NO2.K/c1-3-5-4-2;3-1-2(4)5;/h1,3-5H2,2H3;1,3H2,(H,4,5);. The molecule has 62 valence electrons. The van der Waals surface area contributed by atoms with Crippen LogP contribution in [0.3, 0.4) is 0 Å². The van der Waals surface area contributed by atoms with Crippen molar-refractivity contribution >= 4 is 54.9 Å². The quantitative estimate of drug-likeness (QED) is 0.503. The van der Waals surface area contributed by atoms with Crippen LogP contribution in [0.1, 0.15) is 26.2 Å². The van der Waals surface area contributed by atoms with Crippen LogP contribution in [-0.2, 0) is 4.79 Å². The van der Waals surface area contributed by atoms with Crippen LogP contribution in [-0.4, -0.2) is 66.6 Å². The molecular weight excluding hydrogens is 169 g/mol. The van der Waals surface area contributed by atoms with Gasteiger partial charge in [0, 0.05) is 0 Å². The van der Waals surface area contributed by atoms with Crippen molar-refractivity contribution in [2.75, 3.05) is 6.54 Å². The van der Waals surface area contributed by atoms with Crippen LogP contribution in [0.15, 0.2) is 0 Å². The van der Waals surface area contributed by atoms with Crippen LogP contribution in [0, 0.1) is 0 Å². The number of nitrogens with two attached hydrogens (primary N) is 1. The molecule has 0 aliphatic carbocycles. The molecule has 0 saturated heterocycles. The van der Waals surface area contributed by atoms with Gasteiger partial charge in [-0.25, -0.2) is 0 Å². The van der Waals surface area contributed by atoms with Gasteiger partial charge in [0.1, 0.15) is 0 Å². The number of aliphatic carboxylic acids is 1. The molecule has 0 heterocycles. The number of hydrogen-bond donors (Lipinski definition) is 2. The molecule has 0 aliphatic rings. The van der Waals surface area contributed by atoms with Crippen molar-refractivity contribution in [1.29, 1.82) is 0 Å². The predicted molar refractivity (Wildman–Crippen MR) is 46.8 cm³/mol. The van der Waals surface area contributed by atoms with Crippen LogP contribution < -0.4 is 5.73 Å². The Morgan fingerprint density at radius 2 is 2.00 bits per heavy atom. The van der Waals surface area contributed by atoms with Gasteiger partial charge >= 0.3 is 81.6 Å². The maximum atomic E-state index is 9.24. The summed E-state index contributed by atoms with van der Waals surface area (Å²) in [4.78, 5) is 9.24. The van der Waals surface area contributed by atoms with Gasteiger partial charge in [-0.3, -0.25) is 4.79 Å². The summed E-state index contributed by atoms with van der Waals surface area (Å²) in [6.45, 7) is 1.97. The molecule has 0 amide bonds. The molecule has 3 nitrogen and oxygen atoms in total. The molecule has 4 heteroatoms. The first kappa shape index (κ1) is 14.6. The van der Waals surface area contributed by atoms with E-state index in [-0.39, 0.29) is 6.54 Å². The Balaban J connectivity index is 0. The second-order valence-electron chi connectivity index (χ2n) is 2.30. The molecule has 11 heavy (non-hydrogen) atoms. The molecule has 0 rings (SSSR count). The van der Waals surface area contributed by atoms with Gasteiger partial charge in [-0.2, -0.15) is 0 Å². The molecule has 0 radical (unpaired) electrons. The van der Waals surface area contributed by atoms with E-state index in [4.69, 9.17) is 5.11 Å². The number of carbonyl (C=O) groups is 1. The van der Waals surface area contributed by atoms with E-state index in [0.29, 0.717) is 0 Å². The van der Waals surface area contributed by atoms with Gasteiger partial charge in [0.15, 0.2) is 0 Å². The van der Waals surface area contributed by atoms with Gasteiger partial charge in [0.25, 0.3) is 0 Å². The SMILES string of the molecule is CCCC[CH2][K].NCC(=O)O. The van der Waals surface area contributed by atoms with Crippen molar-refractivity contribution in [1.82, 2.24) is 0 Å². The van der Waals surface area contributed by atoms with E-state index in [1.807, 2.05) is 0 Å². The third kappa shape index (κ3) is 24.7. The maximum Gasteiger partial charge on any atom is 0.317 e. The summed E-state index contributed by atoms with van der Waals surface area (Å²) in [6.07, 6.45) is 4.34. The Bertz CT molecular complexity index is 84.5. The first-order chi connectivity index (χ1) is 5.18. The molecule has 3 N–H and O–H groups in total. The van der Waals surface area contributed by atoms with Gasteiger partial charge in [0.2, 0.25) is 0 Å². The number of hydrogen-bond acceptors (Lipinski definition) is 2. The number of rotatable bonds is 4. The van der Waals surface area contributed by atoms with Crippen molar-refractivity contribution < 1.29 is 9.90 Å². The van der Waals surface area contributed by atoms with Crippen LogP contribution in [0.5, 0.6) is 0 Å². The molecule has 0 saturated carbocycles. The molecular formula is C7H16KNO2. The second kappa shape index (κ2) is 13.6. The normalized spacial score (nSPS) is 8.36. The van der Waals surface area contributed by atoms with Crippen molar-refractivity contribution in [3.05, 3.63) is 0 Å². The van der Waals surface area contributed by atoms with Crippen LogP contribution in [0.4, 0.5) is 0 Å². The van der Waals surface area contributed by atoms with E-state index in [2.05, 4.69) is 12.7 Å². The van der Waals surface area contributed by atoms with E-state index in [9.17, 15) is 4.79 Å². The third-order valence-corrected chi connectivity index (χ3v) is 2.24. The summed E-state index contributed by atoms with van der Waals surface area (Å²) >= 11 is 1.11. The minimum atomic E-state index is -0.968. The molecule has 0 aromatic carbocycles. The zero-order valence-corrected chi connectivity index (χ0v) is 10.6. The monoisotopic (exact) mass is 185 g/mol. The van der Waals surface area contributed by atoms with Crippen molar-refractivity contribution in [3.63, 3.8) is 0 Å². The minimum absolute atomic E-state index is 0.278. The van der Waals surface area contributed by atoms with Crippen molar-refractivity contribution in [3.8, 4) is 0 Å². The van der Waals surface area contributed by atoms with E-state index in [0.717, 1.165) is 49.0 Å². The van der Waals surface area contributed by atoms with Gasteiger partial charge in [-0.15, -0.1) is 0 Å². The van der Waals surface area contributed by atoms with Gasteiger partial charge in [-0.1, -0.05) is 0 Å². The molecule has 0 aromatic rings. The Morgan fingerprint density at radius 3 is 2.09 bits per heavy atom. The van der Waals surface area contributed by atoms with Crippen molar-refractivity contribution in [2.24, 2.45) is 5.73 Å². The predicted octanol–water partition coefficient (Wildman–Crippen LogP) is 0.793. The second-order valence-corrected chi connectivity index (χ2v) is 3.87. The van der Waals surface area contributed by atoms with Gasteiger partial charge in [0.05, 0.1) is 6.54 Å². The molecule has 0 aliphatic heterocycles. The molecule has 0 bridgehead atoms. The Hall–Kier alpha value is 1.07. The zero-order chi connectivity index (χ0) is 9.11. The van der Waals surface area contributed by atoms with E-state index in [1.165, 1.54) is 19.3 Å². The number of unbranched alkanes of at least 4 members (excludes halogenated alkanes) is 2. The van der Waals surface area contributed by atoms with E-state index >= 15 is 0 Å². The average Bonchev–Trinajstić information content (AvgIpc) is 2.02.